The minimum Gasteiger partial charge on any atom is -0.461 e. The zero-order chi connectivity index (χ0) is 21.9. The smallest absolute Gasteiger partial charge is 0.351 e. The van der Waals surface area contributed by atoms with Crippen molar-refractivity contribution >= 4 is 11.8 Å². The quantitative estimate of drug-likeness (QED) is 0.380. The maximum Gasteiger partial charge on any atom is 0.351 e. The number of nitrogens with zero attached hydrogens (tertiary/aromatic N) is 3. The summed E-state index contributed by atoms with van der Waals surface area (Å²) < 4.78 is 5.54. The maximum atomic E-state index is 12.9. The Morgan fingerprint density at radius 3 is 2.70 bits per heavy atom. The Morgan fingerprint density at radius 1 is 1.40 bits per heavy atom. The normalized spacial score (nSPS) is 22.1. The van der Waals surface area contributed by atoms with Crippen LogP contribution in [0.3, 0.4) is 0 Å². The Labute approximate surface area is 179 Å². The number of aliphatic imine (C=N–C) groups is 1. The summed E-state index contributed by atoms with van der Waals surface area (Å²) in [6.45, 7) is 13.3. The van der Waals surface area contributed by atoms with Gasteiger partial charge in [-0.25, -0.2) is 9.79 Å². The first-order valence-electron chi connectivity index (χ1n) is 10.7. The molecule has 7 nitrogen and oxygen atoms in total. The first kappa shape index (κ1) is 23.4. The summed E-state index contributed by atoms with van der Waals surface area (Å²) in [6, 6.07) is 2.06. The molecule has 2 N–H and O–H groups in total. The molecule has 0 aromatic heterocycles. The lowest BCUT2D eigenvalue weighted by molar-refractivity contribution is -0.140. The highest BCUT2D eigenvalue weighted by molar-refractivity contribution is 6.08. The molecule has 30 heavy (non-hydrogen) atoms. The van der Waals surface area contributed by atoms with Crippen molar-refractivity contribution in [3.63, 3.8) is 0 Å². The number of ether oxygens (including phenoxy) is 1. The highest BCUT2D eigenvalue weighted by atomic mass is 16.5. The van der Waals surface area contributed by atoms with Crippen LogP contribution in [0, 0.1) is 17.2 Å². The molecule has 1 atom stereocenters. The summed E-state index contributed by atoms with van der Waals surface area (Å²) in [7, 11) is 0. The van der Waals surface area contributed by atoms with E-state index in [1.54, 1.807) is 12.2 Å². The van der Waals surface area contributed by atoms with Crippen molar-refractivity contribution < 1.29 is 9.53 Å². The number of rotatable bonds is 7. The number of piperazine rings is 1. The maximum absolute atomic E-state index is 12.9. The van der Waals surface area contributed by atoms with Gasteiger partial charge in [0.1, 0.15) is 11.8 Å². The third-order valence-electron chi connectivity index (χ3n) is 5.25. The average Bonchev–Trinajstić information content (AvgIpc) is 2.78. The Balaban J connectivity index is 2.42. The molecule has 7 heteroatoms. The highest BCUT2D eigenvalue weighted by Gasteiger charge is 2.30. The Kier molecular flexibility index (Phi) is 9.36. The molecule has 0 saturated carbocycles. The van der Waals surface area contributed by atoms with Crippen molar-refractivity contribution in [2.75, 3.05) is 32.8 Å². The summed E-state index contributed by atoms with van der Waals surface area (Å²) in [4.78, 5) is 19.7. The van der Waals surface area contributed by atoms with E-state index in [4.69, 9.17) is 9.73 Å². The predicted octanol–water partition coefficient (Wildman–Crippen LogP) is 3.01. The largest absolute Gasteiger partial charge is 0.461 e. The van der Waals surface area contributed by atoms with E-state index in [2.05, 4.69) is 42.0 Å². The van der Waals surface area contributed by atoms with E-state index >= 15 is 0 Å². The summed E-state index contributed by atoms with van der Waals surface area (Å²) in [5.74, 6) is 0.287. The first-order chi connectivity index (χ1) is 14.6. The molecule has 0 aromatic rings. The van der Waals surface area contributed by atoms with Crippen molar-refractivity contribution in [2.24, 2.45) is 10.9 Å². The van der Waals surface area contributed by atoms with E-state index in [-0.39, 0.29) is 5.57 Å². The van der Waals surface area contributed by atoms with E-state index in [0.29, 0.717) is 29.8 Å². The predicted molar refractivity (Wildman–Crippen MR) is 119 cm³/mol. The second-order valence-corrected chi connectivity index (χ2v) is 7.31. The van der Waals surface area contributed by atoms with Gasteiger partial charge in [-0.3, -0.25) is 0 Å². The molecule has 0 radical (unpaired) electrons. The van der Waals surface area contributed by atoms with E-state index in [1.165, 1.54) is 0 Å². The number of carbonyl (C=O) groups is 1. The topological polar surface area (TPSA) is 89.8 Å². The Hall–Kier alpha value is -2.85. The fourth-order valence-corrected chi connectivity index (χ4v) is 3.51. The molecule has 0 aliphatic carbocycles. The fourth-order valence-electron chi connectivity index (χ4n) is 3.51. The Morgan fingerprint density at radius 2 is 2.13 bits per heavy atom. The summed E-state index contributed by atoms with van der Waals surface area (Å²) >= 11 is 0. The van der Waals surface area contributed by atoms with Crippen molar-refractivity contribution in [2.45, 2.75) is 40.0 Å². The zero-order valence-electron chi connectivity index (χ0n) is 18.3. The third kappa shape index (κ3) is 5.83. The molecule has 2 aliphatic heterocycles. The number of allylic oxidation sites excluding steroid dienone is 3. The molecular weight excluding hydrogens is 378 g/mol. The van der Waals surface area contributed by atoms with Crippen LogP contribution in [-0.2, 0) is 9.53 Å². The lowest BCUT2D eigenvalue weighted by atomic mass is 10.0. The second-order valence-electron chi connectivity index (χ2n) is 7.31. The van der Waals surface area contributed by atoms with Crippen LogP contribution in [0.25, 0.3) is 0 Å². The van der Waals surface area contributed by atoms with Crippen LogP contribution in [0.15, 0.2) is 52.5 Å². The summed E-state index contributed by atoms with van der Waals surface area (Å²) in [6.07, 6.45) is 8.28. The number of amidine groups is 1. The number of hydrogen-bond donors (Lipinski definition) is 2. The molecule has 162 valence electrons. The average molecular weight is 412 g/mol. The van der Waals surface area contributed by atoms with Gasteiger partial charge in [0.05, 0.1) is 18.0 Å². The lowest BCUT2D eigenvalue weighted by Crippen LogP contribution is -2.49. The molecule has 0 bridgehead atoms. The molecule has 2 heterocycles. The monoisotopic (exact) mass is 411 g/mol. The van der Waals surface area contributed by atoms with Crippen LogP contribution in [-0.4, -0.2) is 49.5 Å². The van der Waals surface area contributed by atoms with Crippen molar-refractivity contribution in [1.82, 2.24) is 15.5 Å². The van der Waals surface area contributed by atoms with Gasteiger partial charge < -0.3 is 20.3 Å². The van der Waals surface area contributed by atoms with Gasteiger partial charge in [0, 0.05) is 26.2 Å². The van der Waals surface area contributed by atoms with Crippen LogP contribution >= 0.6 is 0 Å². The third-order valence-corrected chi connectivity index (χ3v) is 5.25. The minimum atomic E-state index is -0.612. The summed E-state index contributed by atoms with van der Waals surface area (Å²) in [5.41, 5.74) is 1.78. The number of nitrogens with one attached hydrogen (secondary N) is 2. The summed E-state index contributed by atoms with van der Waals surface area (Å²) in [5, 5.41) is 16.4. The van der Waals surface area contributed by atoms with Crippen LogP contribution in [0.5, 0.6) is 0 Å². The molecular formula is C23H33N5O2. The first-order valence-corrected chi connectivity index (χ1v) is 10.7. The molecule has 2 rings (SSSR count). The number of nitriles is 1. The van der Waals surface area contributed by atoms with Crippen LogP contribution in [0.4, 0.5) is 0 Å². The van der Waals surface area contributed by atoms with Gasteiger partial charge in [0.2, 0.25) is 0 Å². The van der Waals surface area contributed by atoms with Gasteiger partial charge >= 0.3 is 5.97 Å². The SMILES string of the molecule is C=C/C=C1/N/C(=C(/C#N)C(=O)OCC(CC)CCC)C(N2CCNCC2)=N/C1=C/C. The number of carbonyl (C=O) groups excluding carboxylic acids is 1. The van der Waals surface area contributed by atoms with Gasteiger partial charge in [-0.05, 0) is 25.3 Å². The van der Waals surface area contributed by atoms with Gasteiger partial charge in [-0.1, -0.05) is 45.4 Å². The van der Waals surface area contributed by atoms with Crippen LogP contribution in [0.1, 0.15) is 40.0 Å². The second kappa shape index (κ2) is 12.0. The standard InChI is InChI=1S/C23H33N5O2/c1-5-9-17(7-3)16-30-23(29)18(15-24)21-22(28-13-11-25-12-14-28)27-19(8-4)20(26-21)10-6-2/h6,8,10,17,25-26H,2,5,7,9,11-14,16H2,1,3-4H3/b19-8+,20-10+,21-18-. The van der Waals surface area contributed by atoms with E-state index in [1.807, 2.05) is 13.0 Å². The molecule has 0 aromatic carbocycles. The minimum absolute atomic E-state index is 0.0521. The molecule has 0 amide bonds. The Bertz CT molecular complexity index is 795. The molecule has 1 saturated heterocycles. The van der Waals surface area contributed by atoms with E-state index in [9.17, 15) is 10.1 Å². The van der Waals surface area contributed by atoms with Crippen LogP contribution in [0.2, 0.25) is 0 Å². The van der Waals surface area contributed by atoms with Crippen molar-refractivity contribution in [1.29, 1.82) is 5.26 Å². The molecule has 2 aliphatic rings. The van der Waals surface area contributed by atoms with Crippen molar-refractivity contribution in [3.05, 3.63) is 47.5 Å². The van der Waals surface area contributed by atoms with Crippen LogP contribution < -0.4 is 10.6 Å². The molecule has 0 spiro atoms. The molecule has 1 fully saturated rings. The fraction of sp³-hybridized carbons (Fsp3) is 0.522. The van der Waals surface area contributed by atoms with Gasteiger partial charge in [0.15, 0.2) is 11.4 Å². The zero-order valence-corrected chi connectivity index (χ0v) is 18.3. The number of hydrogen-bond acceptors (Lipinski definition) is 7. The highest BCUT2D eigenvalue weighted by Crippen LogP contribution is 2.23. The van der Waals surface area contributed by atoms with E-state index < -0.39 is 5.97 Å². The lowest BCUT2D eigenvalue weighted by Gasteiger charge is -2.34. The number of esters is 1. The molecule has 1 unspecified atom stereocenters. The van der Waals surface area contributed by atoms with Gasteiger partial charge in [-0.15, -0.1) is 0 Å². The van der Waals surface area contributed by atoms with E-state index in [0.717, 1.165) is 51.1 Å². The van der Waals surface area contributed by atoms with Crippen molar-refractivity contribution in [3.8, 4) is 6.07 Å². The van der Waals surface area contributed by atoms with Gasteiger partial charge in [-0.2, -0.15) is 5.26 Å². The van der Waals surface area contributed by atoms with Gasteiger partial charge in [0.25, 0.3) is 0 Å².